The summed E-state index contributed by atoms with van der Waals surface area (Å²) in [5.74, 6) is 0.507. The van der Waals surface area contributed by atoms with E-state index in [-0.39, 0.29) is 29.3 Å². The molecule has 11 nitrogen and oxygen atoms in total. The van der Waals surface area contributed by atoms with Gasteiger partial charge in [0.25, 0.3) is 11.1 Å². The molecule has 3 aromatic carbocycles. The molecule has 5 aromatic rings. The van der Waals surface area contributed by atoms with Gasteiger partial charge in [0, 0.05) is 61.7 Å². The topological polar surface area (TPSA) is 112 Å². The lowest BCUT2D eigenvalue weighted by atomic mass is 10.0. The van der Waals surface area contributed by atoms with Gasteiger partial charge in [-0.25, -0.2) is 13.6 Å². The minimum absolute atomic E-state index is 0.00696. The Kier molecular flexibility index (Phi) is 12.7. The van der Waals surface area contributed by atoms with Crippen molar-refractivity contribution in [2.75, 3.05) is 32.8 Å². The van der Waals surface area contributed by atoms with Crippen molar-refractivity contribution in [2.45, 2.75) is 64.9 Å². The van der Waals surface area contributed by atoms with Gasteiger partial charge in [-0.2, -0.15) is 0 Å². The number of aldehydes is 1. The zero-order valence-electron chi connectivity index (χ0n) is 31.2. The van der Waals surface area contributed by atoms with E-state index in [0.29, 0.717) is 77.5 Å². The molecule has 0 bridgehead atoms. The molecule has 2 aromatic heterocycles. The van der Waals surface area contributed by atoms with E-state index in [0.717, 1.165) is 31.5 Å². The number of pyridine rings is 2. The van der Waals surface area contributed by atoms with Crippen LogP contribution in [0.3, 0.4) is 0 Å². The lowest BCUT2D eigenvalue weighted by Gasteiger charge is -2.39. The zero-order valence-corrected chi connectivity index (χ0v) is 32.7. The van der Waals surface area contributed by atoms with Crippen LogP contribution in [0.15, 0.2) is 76.3 Å². The first-order valence-electron chi connectivity index (χ1n) is 18.2. The van der Waals surface area contributed by atoms with Gasteiger partial charge in [0.1, 0.15) is 36.7 Å². The number of fused-ring (bicyclic) bond motifs is 3. The summed E-state index contributed by atoms with van der Waals surface area (Å²) < 4.78 is 47.0. The molecule has 7 rings (SSSR count). The molecule has 0 unspecified atom stereocenters. The Morgan fingerprint density at radius 1 is 0.821 bits per heavy atom. The van der Waals surface area contributed by atoms with Gasteiger partial charge in [-0.1, -0.05) is 29.3 Å². The third kappa shape index (κ3) is 9.69. The first kappa shape index (κ1) is 40.7. The predicted molar refractivity (Wildman–Crippen MR) is 211 cm³/mol. The van der Waals surface area contributed by atoms with Gasteiger partial charge in [0.2, 0.25) is 0 Å². The van der Waals surface area contributed by atoms with E-state index in [9.17, 15) is 28.0 Å². The fourth-order valence-corrected chi connectivity index (χ4v) is 7.37. The number of nitrogens with zero attached hydrogens (tertiary/aromatic N) is 4. The van der Waals surface area contributed by atoms with Crippen LogP contribution in [-0.4, -0.2) is 75.8 Å². The monoisotopic (exact) mass is 810 g/mol. The number of hydrogen-bond acceptors (Lipinski definition) is 8. The van der Waals surface area contributed by atoms with E-state index in [1.54, 1.807) is 10.6 Å². The number of carbonyl (C=O) groups excluding carboxylic acids is 2. The van der Waals surface area contributed by atoms with Crippen molar-refractivity contribution < 1.29 is 32.6 Å². The molecule has 0 saturated carbocycles. The number of benzene rings is 3. The van der Waals surface area contributed by atoms with Gasteiger partial charge < -0.3 is 37.9 Å². The van der Waals surface area contributed by atoms with Crippen LogP contribution in [0.2, 0.25) is 10.0 Å². The molecule has 1 amide bonds. The standard InChI is InChI=1S/C30H35ClFN3O5.C11H7ClFNO2/c1-30(2,3)40-29(37)35(19-20-4-7-26-27(16-20)39-15-14-38-26)22-8-10-33(11-9-22)12-13-34-25-17-21(32)5-6-23(25)24(31)18-28(34)36;12-9-6-11(16)14(3-4-15)10-5-7(13)1-2-8(9)10/h4-7,16-18,22H,8-15,19H2,1-3H3;1-2,4-6H,3H2. The minimum Gasteiger partial charge on any atom is -0.486 e. The summed E-state index contributed by atoms with van der Waals surface area (Å²) in [7, 11) is 0. The Hall–Kier alpha value is -4.98. The molecule has 0 N–H and O–H groups in total. The van der Waals surface area contributed by atoms with Crippen LogP contribution in [0.1, 0.15) is 39.2 Å². The van der Waals surface area contributed by atoms with E-state index >= 15 is 0 Å². The Bertz CT molecular complexity index is 2370. The molecule has 296 valence electrons. The van der Waals surface area contributed by atoms with Crippen molar-refractivity contribution in [3.8, 4) is 11.5 Å². The number of amides is 1. The highest BCUT2D eigenvalue weighted by molar-refractivity contribution is 6.35. The maximum Gasteiger partial charge on any atom is 0.410 e. The van der Waals surface area contributed by atoms with Crippen molar-refractivity contribution in [3.05, 3.63) is 115 Å². The van der Waals surface area contributed by atoms with Crippen molar-refractivity contribution in [2.24, 2.45) is 0 Å². The zero-order chi connectivity index (χ0) is 40.1. The quantitative estimate of drug-likeness (QED) is 0.149. The SMILES string of the molecule is CC(C)(C)OC(=O)N(Cc1ccc2c(c1)OCCO2)C1CCN(CCn2c(=O)cc(Cl)c3ccc(F)cc32)CC1.O=CCn1c(=O)cc(Cl)c2ccc(F)cc21. The smallest absolute Gasteiger partial charge is 0.410 e. The number of carbonyl (C=O) groups is 2. The fourth-order valence-electron chi connectivity index (χ4n) is 6.86. The maximum atomic E-state index is 14.0. The predicted octanol–water partition coefficient (Wildman–Crippen LogP) is 7.46. The van der Waals surface area contributed by atoms with Crippen LogP contribution in [0.5, 0.6) is 11.5 Å². The molecule has 0 radical (unpaired) electrons. The lowest BCUT2D eigenvalue weighted by Crippen LogP contribution is -2.49. The second-order valence-corrected chi connectivity index (χ2v) is 15.4. The van der Waals surface area contributed by atoms with Crippen molar-refractivity contribution in [3.63, 3.8) is 0 Å². The second-order valence-electron chi connectivity index (χ2n) is 14.6. The Labute approximate surface area is 331 Å². The van der Waals surface area contributed by atoms with E-state index in [4.69, 9.17) is 37.4 Å². The fraction of sp³-hybridized carbons (Fsp3) is 0.366. The minimum atomic E-state index is -0.614. The Morgan fingerprint density at radius 2 is 1.39 bits per heavy atom. The Morgan fingerprint density at radius 3 is 1.98 bits per heavy atom. The first-order chi connectivity index (χ1) is 26.7. The molecule has 1 saturated heterocycles. The van der Waals surface area contributed by atoms with Crippen LogP contribution in [0.4, 0.5) is 13.6 Å². The largest absolute Gasteiger partial charge is 0.486 e. The van der Waals surface area contributed by atoms with Crippen LogP contribution < -0.4 is 20.6 Å². The van der Waals surface area contributed by atoms with E-state index in [2.05, 4.69) is 4.90 Å². The number of halogens is 4. The van der Waals surface area contributed by atoms with Crippen LogP contribution in [0.25, 0.3) is 21.8 Å². The molecule has 56 heavy (non-hydrogen) atoms. The van der Waals surface area contributed by atoms with Crippen LogP contribution in [-0.2, 0) is 29.2 Å². The first-order valence-corrected chi connectivity index (χ1v) is 19.0. The lowest BCUT2D eigenvalue weighted by molar-refractivity contribution is -0.108. The molecule has 2 aliphatic rings. The number of aromatic nitrogens is 2. The third-order valence-electron chi connectivity index (χ3n) is 9.53. The molecular weight excluding hydrogens is 769 g/mol. The average Bonchev–Trinajstić information content (AvgIpc) is 3.15. The highest BCUT2D eigenvalue weighted by Crippen LogP contribution is 2.32. The molecule has 0 aliphatic carbocycles. The number of piperidine rings is 1. The van der Waals surface area contributed by atoms with E-state index in [1.165, 1.54) is 47.0 Å². The summed E-state index contributed by atoms with van der Waals surface area (Å²) in [6.07, 6.45) is 1.75. The van der Waals surface area contributed by atoms with Gasteiger partial charge in [0.15, 0.2) is 11.5 Å². The maximum absolute atomic E-state index is 14.0. The molecule has 0 spiro atoms. The number of rotatable bonds is 8. The number of likely N-dealkylation sites (tertiary alicyclic amines) is 1. The van der Waals surface area contributed by atoms with Gasteiger partial charge >= 0.3 is 6.09 Å². The number of ether oxygens (including phenoxy) is 3. The van der Waals surface area contributed by atoms with E-state index in [1.807, 2.05) is 43.9 Å². The van der Waals surface area contributed by atoms with Gasteiger partial charge in [-0.15, -0.1) is 0 Å². The van der Waals surface area contributed by atoms with Crippen molar-refractivity contribution >= 4 is 57.4 Å². The summed E-state index contributed by atoms with van der Waals surface area (Å²) in [6.45, 7) is 9.43. The van der Waals surface area contributed by atoms with Crippen LogP contribution in [0, 0.1) is 11.6 Å². The molecule has 15 heteroatoms. The van der Waals surface area contributed by atoms with Crippen molar-refractivity contribution in [1.82, 2.24) is 18.9 Å². The summed E-state index contributed by atoms with van der Waals surface area (Å²) in [5, 5.41) is 1.76. The molecule has 0 atom stereocenters. The normalized spacial score (nSPS) is 14.6. The van der Waals surface area contributed by atoms with Gasteiger partial charge in [-0.05, 0) is 87.7 Å². The third-order valence-corrected chi connectivity index (χ3v) is 10.2. The van der Waals surface area contributed by atoms with Gasteiger partial charge in [-0.3, -0.25) is 9.59 Å². The molecular formula is C41H42Cl2F2N4O7. The van der Waals surface area contributed by atoms with E-state index < -0.39 is 22.8 Å². The highest BCUT2D eigenvalue weighted by atomic mass is 35.5. The van der Waals surface area contributed by atoms with Crippen LogP contribution >= 0.6 is 23.2 Å². The molecule has 1 fully saturated rings. The van der Waals surface area contributed by atoms with Gasteiger partial charge in [0.05, 0.1) is 27.6 Å². The van der Waals surface area contributed by atoms with Crippen molar-refractivity contribution in [1.29, 1.82) is 0 Å². The summed E-state index contributed by atoms with van der Waals surface area (Å²) in [5.41, 5.74) is 0.465. The highest BCUT2D eigenvalue weighted by Gasteiger charge is 2.32. The Balaban J connectivity index is 0.000000277. The molecule has 4 heterocycles. The second kappa shape index (κ2) is 17.4. The summed E-state index contributed by atoms with van der Waals surface area (Å²) >= 11 is 12.1. The average molecular weight is 812 g/mol. The molecule has 2 aliphatic heterocycles. The summed E-state index contributed by atoms with van der Waals surface area (Å²) in [4.78, 5) is 52.1. The number of hydrogen-bond donors (Lipinski definition) is 0. The summed E-state index contributed by atoms with van der Waals surface area (Å²) in [6, 6.07) is 16.6.